The van der Waals surface area contributed by atoms with Crippen molar-refractivity contribution in [3.63, 3.8) is 0 Å². The van der Waals surface area contributed by atoms with Crippen LogP contribution in [0.25, 0.3) is 11.1 Å². The third-order valence-electron chi connectivity index (χ3n) is 11.1. The Bertz CT molecular complexity index is 2120. The predicted octanol–water partition coefficient (Wildman–Crippen LogP) is 0.272. The highest BCUT2D eigenvalue weighted by atomic mass is 16.6. The number of fused-ring (bicyclic) bond motifs is 3. The molecule has 3 aromatic rings. The van der Waals surface area contributed by atoms with Gasteiger partial charge in [-0.15, -0.1) is 0 Å². The molecule has 17 heteroatoms. The van der Waals surface area contributed by atoms with Gasteiger partial charge in [-0.25, -0.2) is 0 Å². The molecule has 5 aliphatic rings. The van der Waals surface area contributed by atoms with Gasteiger partial charge in [0.2, 0.25) is 11.6 Å². The summed E-state index contributed by atoms with van der Waals surface area (Å²) in [6.07, 6.45) is 8.82. The predicted molar refractivity (Wildman–Crippen MR) is 207 cm³/mol. The fourth-order valence-electron chi connectivity index (χ4n) is 7.41. The molecule has 3 amide bonds. The zero-order valence-electron chi connectivity index (χ0n) is 31.4. The lowest BCUT2D eigenvalue weighted by Crippen LogP contribution is -2.65. The van der Waals surface area contributed by atoms with E-state index in [1.54, 1.807) is 30.1 Å². The molecular weight excluding hydrogens is 696 g/mol. The van der Waals surface area contributed by atoms with Crippen LogP contribution in [-0.2, 0) is 21.5 Å². The molecule has 2 aromatic heterocycles. The van der Waals surface area contributed by atoms with Crippen LogP contribution in [0.4, 0.5) is 11.4 Å². The first-order valence-electron chi connectivity index (χ1n) is 18.8. The Morgan fingerprint density at radius 3 is 2.44 bits per heavy atom. The third kappa shape index (κ3) is 7.01. The van der Waals surface area contributed by atoms with Crippen LogP contribution in [0.3, 0.4) is 0 Å². The maximum Gasteiger partial charge on any atom is 0.323 e. The maximum atomic E-state index is 13.3. The van der Waals surface area contributed by atoms with Crippen LogP contribution in [0.2, 0.25) is 0 Å². The molecule has 4 radical (unpaired) electrons. The van der Waals surface area contributed by atoms with E-state index in [0.717, 1.165) is 61.0 Å². The van der Waals surface area contributed by atoms with Gasteiger partial charge >= 0.3 is 11.6 Å². The second-order valence-corrected chi connectivity index (χ2v) is 15.4. The molecule has 0 bridgehead atoms. The number of rotatable bonds is 13. The summed E-state index contributed by atoms with van der Waals surface area (Å²) >= 11 is 0. The van der Waals surface area contributed by atoms with Crippen molar-refractivity contribution in [2.45, 2.75) is 68.5 Å². The molecule has 4 fully saturated rings. The van der Waals surface area contributed by atoms with E-state index in [0.29, 0.717) is 36.7 Å². The van der Waals surface area contributed by atoms with Gasteiger partial charge in [0.25, 0.3) is 5.91 Å². The summed E-state index contributed by atoms with van der Waals surface area (Å²) in [7, 11) is 19.0. The number of hydrogen-bond donors (Lipinski definition) is 5. The van der Waals surface area contributed by atoms with Gasteiger partial charge in [0, 0.05) is 84.6 Å². The monoisotopic (exact) mass is 742 g/mol. The minimum absolute atomic E-state index is 0.00781. The molecule has 4 heterocycles. The molecule has 1 saturated heterocycles. The van der Waals surface area contributed by atoms with Crippen molar-refractivity contribution in [2.75, 3.05) is 44.5 Å². The number of amides is 3. The molecule has 8 rings (SSSR count). The normalized spacial score (nSPS) is 19.0. The van der Waals surface area contributed by atoms with Gasteiger partial charge in [-0.3, -0.25) is 23.9 Å². The highest BCUT2D eigenvalue weighted by Crippen LogP contribution is 2.45. The zero-order chi connectivity index (χ0) is 38.8. The molecule has 1 aromatic carbocycles. The number of anilines is 2. The third-order valence-corrected chi connectivity index (χ3v) is 11.1. The van der Waals surface area contributed by atoms with E-state index in [2.05, 4.69) is 20.9 Å². The number of nitrogens with one attached hydrogen (secondary N) is 3. The van der Waals surface area contributed by atoms with Crippen molar-refractivity contribution in [2.24, 2.45) is 17.4 Å². The number of carbonyl (C=O) groups is 3. The number of likely N-dealkylation sites (tertiary alicyclic amines) is 1. The lowest BCUT2D eigenvalue weighted by Gasteiger charge is -2.48. The summed E-state index contributed by atoms with van der Waals surface area (Å²) in [4.78, 5) is 50.4. The summed E-state index contributed by atoms with van der Waals surface area (Å²) in [5, 5.41) is 12.4. The van der Waals surface area contributed by atoms with Gasteiger partial charge in [-0.1, -0.05) is 12.1 Å². The van der Waals surface area contributed by atoms with Gasteiger partial charge < -0.3 is 42.1 Å². The van der Waals surface area contributed by atoms with Crippen LogP contribution in [0.5, 0.6) is 0 Å². The quantitative estimate of drug-likeness (QED) is 0.0707. The van der Waals surface area contributed by atoms with Gasteiger partial charge in [0.15, 0.2) is 0 Å². The van der Waals surface area contributed by atoms with E-state index in [-0.39, 0.29) is 53.1 Å². The number of nitrogens with zero attached hydrogens (tertiary/aromatic N) is 6. The summed E-state index contributed by atoms with van der Waals surface area (Å²) in [6.45, 7) is 1.58. The highest BCUT2D eigenvalue weighted by molar-refractivity contribution is 6.39. The first kappa shape index (κ1) is 36.5. The Morgan fingerprint density at radius 2 is 1.76 bits per heavy atom. The van der Waals surface area contributed by atoms with Crippen LogP contribution in [-0.4, -0.2) is 99.4 Å². The fraction of sp³-hybridized carbons (Fsp3) is 0.447. The van der Waals surface area contributed by atoms with Crippen molar-refractivity contribution in [3.05, 3.63) is 83.0 Å². The summed E-state index contributed by atoms with van der Waals surface area (Å²) in [5.74, 6) is -0.653. The summed E-state index contributed by atoms with van der Waals surface area (Å²) in [5.41, 5.74) is 18.3. The van der Waals surface area contributed by atoms with Crippen molar-refractivity contribution >= 4 is 44.8 Å². The summed E-state index contributed by atoms with van der Waals surface area (Å²) in [6, 6.07) is 11.5. The fourth-order valence-corrected chi connectivity index (χ4v) is 7.41. The average Bonchev–Trinajstić information content (AvgIpc) is 4.00. The Morgan fingerprint density at radius 1 is 1.04 bits per heavy atom. The van der Waals surface area contributed by atoms with Crippen molar-refractivity contribution < 1.29 is 24.0 Å². The maximum absolute atomic E-state index is 13.3. The number of allylic oxidation sites excluding steroid dienone is 1. The van der Waals surface area contributed by atoms with Crippen LogP contribution in [0.1, 0.15) is 66.4 Å². The number of nitrogens with two attached hydrogens (primary N) is 2. The SMILES string of the molecule is [B]C([B])(c1cccc(C(=O)N(C)C2CC2)[n+]1OC)N1CC(n2ncc3c2CN(C)c2c(NC(/C=C(\N)NC(=O)C4CC4)=C(/N)C(=O)NC4CC4)cccc2-3)C1. The van der Waals surface area contributed by atoms with Crippen molar-refractivity contribution in [1.29, 1.82) is 0 Å². The van der Waals surface area contributed by atoms with Crippen LogP contribution < -0.4 is 41.9 Å². The second-order valence-electron chi connectivity index (χ2n) is 15.4. The molecule has 2 aliphatic heterocycles. The Hall–Kier alpha value is -5.44. The van der Waals surface area contributed by atoms with Crippen LogP contribution in [0, 0.1) is 5.92 Å². The largest absolute Gasteiger partial charge is 0.393 e. The molecule has 282 valence electrons. The number of para-hydroxylation sites is 1. The zero-order valence-corrected chi connectivity index (χ0v) is 31.4. The minimum atomic E-state index is -1.43. The van der Waals surface area contributed by atoms with E-state index in [9.17, 15) is 14.4 Å². The highest BCUT2D eigenvalue weighted by Gasteiger charge is 2.46. The first-order valence-corrected chi connectivity index (χ1v) is 18.8. The number of pyridine rings is 1. The average molecular weight is 742 g/mol. The molecule has 3 saturated carbocycles. The van der Waals surface area contributed by atoms with E-state index in [1.807, 2.05) is 41.0 Å². The molecule has 0 atom stereocenters. The van der Waals surface area contributed by atoms with Crippen LogP contribution >= 0.6 is 0 Å². The van der Waals surface area contributed by atoms with E-state index in [4.69, 9.17) is 37.1 Å². The van der Waals surface area contributed by atoms with Gasteiger partial charge in [0.05, 0.1) is 57.2 Å². The second kappa shape index (κ2) is 14.0. The number of benzene rings is 1. The molecule has 3 aliphatic carbocycles. The molecule has 0 unspecified atom stereocenters. The van der Waals surface area contributed by atoms with E-state index >= 15 is 0 Å². The standard InChI is InChI=1S/C38H45B2N11O4/c1-47-20-30-26(17-43-50(30)24-18-49(19-24)38(39,40)31-9-5-8-29(51(31)55-3)37(54)48(2)23-14-15-23)25-6-4-7-27(34(25)47)45-28(33(42)36(53)44-22-12-13-22)16-32(41)46-35(52)21-10-11-21/h4-9,16-17,21-24,42H,10-15,18-20H2,1-3H3,(H5,41,44,45,46,52,53,54)/p+1. The van der Waals surface area contributed by atoms with Crippen molar-refractivity contribution in [3.8, 4) is 11.1 Å². The summed E-state index contributed by atoms with van der Waals surface area (Å²) < 4.78 is 3.47. The van der Waals surface area contributed by atoms with E-state index < -0.39 is 11.2 Å². The Kier molecular flexibility index (Phi) is 9.30. The van der Waals surface area contributed by atoms with Gasteiger partial charge in [-0.2, -0.15) is 5.10 Å². The van der Waals surface area contributed by atoms with Crippen molar-refractivity contribution in [1.82, 2.24) is 30.2 Å². The topological polar surface area (TPSA) is 180 Å². The Balaban J connectivity index is 1.03. The number of hydrogen-bond acceptors (Lipinski definition) is 10. The molecule has 15 nitrogen and oxygen atoms in total. The van der Waals surface area contributed by atoms with Crippen LogP contribution in [0.15, 0.2) is 65.9 Å². The lowest BCUT2D eigenvalue weighted by molar-refractivity contribution is -0.893. The molecule has 0 spiro atoms. The van der Waals surface area contributed by atoms with Gasteiger partial charge in [0.1, 0.15) is 18.6 Å². The van der Waals surface area contributed by atoms with Gasteiger partial charge in [-0.05, 0) is 50.7 Å². The number of carbonyl (C=O) groups excluding carboxylic acids is 3. The molecule has 55 heavy (non-hydrogen) atoms. The Labute approximate surface area is 322 Å². The molecular formula is C38H46B2N11O4+. The first-order chi connectivity index (χ1) is 26.3. The lowest BCUT2D eigenvalue weighted by atomic mass is 9.57. The van der Waals surface area contributed by atoms with E-state index in [1.165, 1.54) is 17.9 Å². The number of aromatic nitrogens is 3. The minimum Gasteiger partial charge on any atom is -0.393 e. The molecule has 7 N–H and O–H groups in total. The smallest absolute Gasteiger partial charge is 0.323 e.